The van der Waals surface area contributed by atoms with Gasteiger partial charge in [0.1, 0.15) is 0 Å². The number of aromatic nitrogens is 1. The summed E-state index contributed by atoms with van der Waals surface area (Å²) in [4.78, 5) is 20.0. The molecule has 1 amide bonds. The van der Waals surface area contributed by atoms with Crippen LogP contribution in [0.25, 0.3) is 10.9 Å². The van der Waals surface area contributed by atoms with E-state index in [2.05, 4.69) is 28.5 Å². The number of aliphatic hydroxyl groups is 1. The molecule has 0 spiro atoms. The van der Waals surface area contributed by atoms with Crippen LogP contribution in [0.3, 0.4) is 0 Å². The van der Waals surface area contributed by atoms with E-state index in [4.69, 9.17) is 0 Å². The molecule has 5 heteroatoms. The lowest BCUT2D eigenvalue weighted by Gasteiger charge is -2.42. The van der Waals surface area contributed by atoms with Crippen LogP contribution in [0.4, 0.5) is 0 Å². The quantitative estimate of drug-likeness (QED) is 0.391. The largest absolute Gasteiger partial charge is 0.386 e. The minimum atomic E-state index is -0.757. The molecule has 1 saturated heterocycles. The van der Waals surface area contributed by atoms with Crippen molar-refractivity contribution in [3.05, 3.63) is 113 Å². The number of amides is 1. The Morgan fingerprint density at radius 3 is 2.53 bits per heavy atom. The average Bonchev–Trinajstić information content (AvgIpc) is 2.91. The highest BCUT2D eigenvalue weighted by atomic mass is 16.3. The number of piperidine rings is 1. The van der Waals surface area contributed by atoms with Crippen LogP contribution < -0.4 is 5.32 Å². The van der Waals surface area contributed by atoms with Crippen molar-refractivity contribution in [3.8, 4) is 0 Å². The number of rotatable bonds is 6. The highest BCUT2D eigenvalue weighted by Crippen LogP contribution is 2.31. The number of aryl methyl sites for hydroxylation is 2. The lowest BCUT2D eigenvalue weighted by Crippen LogP contribution is -2.53. The van der Waals surface area contributed by atoms with E-state index in [9.17, 15) is 9.90 Å². The molecule has 4 aromatic rings. The predicted octanol–water partition coefficient (Wildman–Crippen LogP) is 5.35. The summed E-state index contributed by atoms with van der Waals surface area (Å²) in [7, 11) is 0. The molecule has 0 aliphatic carbocycles. The molecule has 0 bridgehead atoms. The van der Waals surface area contributed by atoms with Crippen LogP contribution in [0.15, 0.2) is 85.1 Å². The van der Waals surface area contributed by atoms with Gasteiger partial charge in [0.15, 0.2) is 0 Å². The normalized spacial score (nSPS) is 18.8. The van der Waals surface area contributed by atoms with E-state index in [-0.39, 0.29) is 18.0 Å². The number of pyridine rings is 1. The van der Waals surface area contributed by atoms with Gasteiger partial charge in [-0.05, 0) is 62.1 Å². The lowest BCUT2D eigenvalue weighted by atomic mass is 9.89. The summed E-state index contributed by atoms with van der Waals surface area (Å²) in [5.41, 5.74) is 5.85. The van der Waals surface area contributed by atoms with Crippen molar-refractivity contribution in [2.75, 3.05) is 6.54 Å². The maximum Gasteiger partial charge on any atom is 0.254 e. The minimum absolute atomic E-state index is 0.0136. The maximum absolute atomic E-state index is 13.7. The SMILES string of the molecule is Cc1cc(C)cc(C(=O)N2CCC(NCc3ccnc4ccccc34)CC2C(O)c2ccccc2)c1. The van der Waals surface area contributed by atoms with Gasteiger partial charge in [0, 0.05) is 36.3 Å². The van der Waals surface area contributed by atoms with E-state index >= 15 is 0 Å². The third-order valence-corrected chi connectivity index (χ3v) is 7.20. The van der Waals surface area contributed by atoms with Gasteiger partial charge < -0.3 is 15.3 Å². The third-order valence-electron chi connectivity index (χ3n) is 7.20. The first-order chi connectivity index (χ1) is 17.5. The number of carbonyl (C=O) groups excluding carboxylic acids is 1. The molecule has 3 atom stereocenters. The Kier molecular flexibility index (Phi) is 7.12. The van der Waals surface area contributed by atoms with E-state index < -0.39 is 6.10 Å². The van der Waals surface area contributed by atoms with Gasteiger partial charge in [-0.1, -0.05) is 65.7 Å². The van der Waals surface area contributed by atoms with E-state index in [0.717, 1.165) is 34.0 Å². The van der Waals surface area contributed by atoms with Crippen LogP contribution in [-0.2, 0) is 6.54 Å². The second kappa shape index (κ2) is 10.6. The number of aliphatic hydroxyl groups excluding tert-OH is 1. The van der Waals surface area contributed by atoms with E-state index in [1.54, 1.807) is 0 Å². The summed E-state index contributed by atoms with van der Waals surface area (Å²) in [5, 5.41) is 16.3. The van der Waals surface area contributed by atoms with Crippen molar-refractivity contribution in [2.24, 2.45) is 0 Å². The minimum Gasteiger partial charge on any atom is -0.386 e. The Hall–Kier alpha value is -3.54. The average molecular weight is 480 g/mol. The monoisotopic (exact) mass is 479 g/mol. The first kappa shape index (κ1) is 24.2. The van der Waals surface area contributed by atoms with Crippen molar-refractivity contribution in [1.82, 2.24) is 15.2 Å². The molecule has 2 N–H and O–H groups in total. The summed E-state index contributed by atoms with van der Waals surface area (Å²) in [6, 6.07) is 25.7. The van der Waals surface area contributed by atoms with Crippen molar-refractivity contribution in [2.45, 2.75) is 51.4 Å². The summed E-state index contributed by atoms with van der Waals surface area (Å²) < 4.78 is 0. The van der Waals surface area contributed by atoms with Crippen LogP contribution >= 0.6 is 0 Å². The van der Waals surface area contributed by atoms with E-state index in [0.29, 0.717) is 25.1 Å². The molecule has 1 aliphatic heterocycles. The molecular weight excluding hydrogens is 446 g/mol. The second-order valence-corrected chi connectivity index (χ2v) is 9.89. The fraction of sp³-hybridized carbons (Fsp3) is 0.290. The molecule has 184 valence electrons. The Morgan fingerprint density at radius 2 is 1.75 bits per heavy atom. The highest BCUT2D eigenvalue weighted by Gasteiger charge is 2.37. The number of hydrogen-bond acceptors (Lipinski definition) is 4. The molecule has 0 saturated carbocycles. The first-order valence-corrected chi connectivity index (χ1v) is 12.7. The molecular formula is C31H33N3O2. The van der Waals surface area contributed by atoms with Crippen LogP contribution in [0, 0.1) is 13.8 Å². The zero-order valence-corrected chi connectivity index (χ0v) is 20.9. The highest BCUT2D eigenvalue weighted by molar-refractivity contribution is 5.95. The number of benzene rings is 3. The standard InChI is InChI=1S/C31H33N3O2/c1-21-16-22(2)18-25(17-21)31(36)34-15-13-26(19-29(34)30(35)23-8-4-3-5-9-23)33-20-24-12-14-32-28-11-7-6-10-27(24)28/h3-12,14,16-18,26,29-30,33,35H,13,15,19-20H2,1-2H3. The topological polar surface area (TPSA) is 65.5 Å². The number of fused-ring (bicyclic) bond motifs is 1. The summed E-state index contributed by atoms with van der Waals surface area (Å²) in [5.74, 6) is -0.0136. The number of likely N-dealkylation sites (tertiary alicyclic amines) is 1. The molecule has 36 heavy (non-hydrogen) atoms. The van der Waals surface area contributed by atoms with Gasteiger partial charge >= 0.3 is 0 Å². The van der Waals surface area contributed by atoms with E-state index in [1.807, 2.05) is 85.6 Å². The number of para-hydroxylation sites is 1. The predicted molar refractivity (Wildman–Crippen MR) is 144 cm³/mol. The fourth-order valence-corrected chi connectivity index (χ4v) is 5.43. The van der Waals surface area contributed by atoms with Crippen molar-refractivity contribution in [1.29, 1.82) is 0 Å². The molecule has 1 aromatic heterocycles. The number of nitrogens with zero attached hydrogens (tertiary/aromatic N) is 2. The van der Waals surface area contributed by atoms with Gasteiger partial charge in [-0.3, -0.25) is 9.78 Å². The molecule has 1 fully saturated rings. The van der Waals surface area contributed by atoms with Crippen LogP contribution in [0.5, 0.6) is 0 Å². The summed E-state index contributed by atoms with van der Waals surface area (Å²) in [6.07, 6.45) is 2.60. The lowest BCUT2D eigenvalue weighted by molar-refractivity contribution is 0.0144. The molecule has 1 aliphatic rings. The van der Waals surface area contributed by atoms with Gasteiger partial charge in [-0.2, -0.15) is 0 Å². The molecule has 5 rings (SSSR count). The first-order valence-electron chi connectivity index (χ1n) is 12.7. The third kappa shape index (κ3) is 5.18. The Balaban J connectivity index is 1.38. The van der Waals surface area contributed by atoms with Crippen LogP contribution in [-0.4, -0.2) is 39.5 Å². The van der Waals surface area contributed by atoms with E-state index in [1.165, 1.54) is 5.56 Å². The Labute approximate surface area is 212 Å². The number of hydrogen-bond donors (Lipinski definition) is 2. The van der Waals surface area contributed by atoms with Crippen LogP contribution in [0.2, 0.25) is 0 Å². The summed E-state index contributed by atoms with van der Waals surface area (Å²) in [6.45, 7) is 5.33. The van der Waals surface area contributed by atoms with Gasteiger partial charge in [-0.15, -0.1) is 0 Å². The van der Waals surface area contributed by atoms with Gasteiger partial charge in [-0.25, -0.2) is 0 Å². The van der Waals surface area contributed by atoms with Crippen molar-refractivity contribution < 1.29 is 9.90 Å². The Bertz CT molecular complexity index is 1330. The zero-order valence-electron chi connectivity index (χ0n) is 20.9. The molecule has 2 heterocycles. The van der Waals surface area contributed by atoms with Gasteiger partial charge in [0.25, 0.3) is 5.91 Å². The smallest absolute Gasteiger partial charge is 0.254 e. The maximum atomic E-state index is 13.7. The van der Waals surface area contributed by atoms with Crippen molar-refractivity contribution >= 4 is 16.8 Å². The van der Waals surface area contributed by atoms with Crippen LogP contribution in [0.1, 0.15) is 51.6 Å². The summed E-state index contributed by atoms with van der Waals surface area (Å²) >= 11 is 0. The number of nitrogens with one attached hydrogen (secondary N) is 1. The molecule has 0 radical (unpaired) electrons. The Morgan fingerprint density at radius 1 is 1.03 bits per heavy atom. The molecule has 3 aromatic carbocycles. The van der Waals surface area contributed by atoms with Gasteiger partial charge in [0.2, 0.25) is 0 Å². The molecule has 3 unspecified atom stereocenters. The van der Waals surface area contributed by atoms with Crippen molar-refractivity contribution in [3.63, 3.8) is 0 Å². The second-order valence-electron chi connectivity index (χ2n) is 9.89. The molecule has 5 nitrogen and oxygen atoms in total. The zero-order chi connectivity index (χ0) is 25.1. The fourth-order valence-electron chi connectivity index (χ4n) is 5.43. The number of carbonyl (C=O) groups is 1. The van der Waals surface area contributed by atoms with Gasteiger partial charge in [0.05, 0.1) is 17.7 Å².